The number of fused-ring (bicyclic) bond motifs is 2. The number of nitro benzene ring substituents is 1. The Balaban J connectivity index is 1.86. The van der Waals surface area contributed by atoms with E-state index in [0.29, 0.717) is 11.6 Å². The molecule has 3 rings (SSSR count). The van der Waals surface area contributed by atoms with Crippen LogP contribution in [-0.4, -0.2) is 22.0 Å². The maximum absolute atomic E-state index is 11.5. The number of hydrogen-bond acceptors (Lipinski definition) is 4. The number of carboxylic acids is 1. The summed E-state index contributed by atoms with van der Waals surface area (Å²) in [6, 6.07) is 4.71. The van der Waals surface area contributed by atoms with Crippen LogP contribution in [0, 0.1) is 34.8 Å². The van der Waals surface area contributed by atoms with Gasteiger partial charge in [0.05, 0.1) is 10.8 Å². The van der Waals surface area contributed by atoms with Gasteiger partial charge in [0.2, 0.25) is 0 Å². The van der Waals surface area contributed by atoms with Crippen LogP contribution in [0.4, 0.5) is 11.4 Å². The third kappa shape index (κ3) is 2.46. The summed E-state index contributed by atoms with van der Waals surface area (Å²) in [7, 11) is 0. The SMILES string of the molecule is Cc1cc(NC2C3CCC(C3)C2C(=O)O)cc([N+](=O)[O-])c1. The number of rotatable bonds is 4. The number of nitrogens with zero attached hydrogens (tertiary/aromatic N) is 1. The molecular weight excluding hydrogens is 272 g/mol. The molecule has 6 nitrogen and oxygen atoms in total. The number of hydrogen-bond donors (Lipinski definition) is 2. The van der Waals surface area contributed by atoms with Crippen LogP contribution in [-0.2, 0) is 4.79 Å². The van der Waals surface area contributed by atoms with Crippen molar-refractivity contribution in [2.24, 2.45) is 17.8 Å². The average Bonchev–Trinajstić information content (AvgIpc) is 2.98. The number of aliphatic carboxylic acids is 1. The van der Waals surface area contributed by atoms with Crippen LogP contribution in [0.25, 0.3) is 0 Å². The predicted molar refractivity (Wildman–Crippen MR) is 77.2 cm³/mol. The molecule has 4 atom stereocenters. The molecule has 0 amide bonds. The van der Waals surface area contributed by atoms with Gasteiger partial charge in [-0.05, 0) is 49.7 Å². The van der Waals surface area contributed by atoms with Crippen molar-refractivity contribution >= 4 is 17.3 Å². The molecule has 2 aliphatic rings. The highest BCUT2D eigenvalue weighted by Gasteiger charge is 2.51. The maximum atomic E-state index is 11.5. The molecule has 1 aromatic carbocycles. The molecule has 112 valence electrons. The first-order chi connectivity index (χ1) is 9.95. The lowest BCUT2D eigenvalue weighted by Gasteiger charge is -2.29. The zero-order valence-electron chi connectivity index (χ0n) is 11.8. The summed E-state index contributed by atoms with van der Waals surface area (Å²) < 4.78 is 0. The molecule has 0 saturated heterocycles. The molecular formula is C15H18N2O4. The molecule has 2 aliphatic carbocycles. The molecule has 6 heteroatoms. The van der Waals surface area contributed by atoms with Crippen molar-refractivity contribution < 1.29 is 14.8 Å². The molecule has 0 aromatic heterocycles. The van der Waals surface area contributed by atoms with Crippen LogP contribution in [0.1, 0.15) is 24.8 Å². The molecule has 0 radical (unpaired) electrons. The van der Waals surface area contributed by atoms with Gasteiger partial charge in [0, 0.05) is 23.9 Å². The Hall–Kier alpha value is -2.11. The van der Waals surface area contributed by atoms with E-state index in [1.165, 1.54) is 12.1 Å². The lowest BCUT2D eigenvalue weighted by atomic mass is 9.84. The van der Waals surface area contributed by atoms with Crippen LogP contribution in [0.15, 0.2) is 18.2 Å². The smallest absolute Gasteiger partial charge is 0.308 e. The number of nitro groups is 1. The van der Waals surface area contributed by atoms with E-state index in [9.17, 15) is 20.0 Å². The maximum Gasteiger partial charge on any atom is 0.308 e. The van der Waals surface area contributed by atoms with Crippen molar-refractivity contribution in [2.45, 2.75) is 32.2 Å². The highest BCUT2D eigenvalue weighted by Crippen LogP contribution is 2.49. The molecule has 2 saturated carbocycles. The van der Waals surface area contributed by atoms with Gasteiger partial charge in [-0.1, -0.05) is 0 Å². The Morgan fingerprint density at radius 3 is 2.71 bits per heavy atom. The van der Waals surface area contributed by atoms with Crippen LogP contribution in [0.3, 0.4) is 0 Å². The van der Waals surface area contributed by atoms with Crippen molar-refractivity contribution in [3.8, 4) is 0 Å². The van der Waals surface area contributed by atoms with Crippen molar-refractivity contribution in [2.75, 3.05) is 5.32 Å². The predicted octanol–water partition coefficient (Wildman–Crippen LogP) is 2.81. The zero-order chi connectivity index (χ0) is 15.1. The van der Waals surface area contributed by atoms with E-state index in [1.807, 2.05) is 6.07 Å². The minimum Gasteiger partial charge on any atom is -0.481 e. The molecule has 21 heavy (non-hydrogen) atoms. The number of non-ortho nitro benzene ring substituents is 1. The summed E-state index contributed by atoms with van der Waals surface area (Å²) in [5, 5.41) is 23.6. The number of carbonyl (C=O) groups is 1. The average molecular weight is 290 g/mol. The third-order valence-corrected chi connectivity index (χ3v) is 4.81. The first-order valence-corrected chi connectivity index (χ1v) is 7.21. The van der Waals surface area contributed by atoms with Gasteiger partial charge in [0.15, 0.2) is 0 Å². The Morgan fingerprint density at radius 2 is 2.05 bits per heavy atom. The summed E-state index contributed by atoms with van der Waals surface area (Å²) in [6.07, 6.45) is 2.97. The van der Waals surface area contributed by atoms with Crippen LogP contribution < -0.4 is 5.32 Å². The van der Waals surface area contributed by atoms with E-state index >= 15 is 0 Å². The molecule has 2 bridgehead atoms. The van der Waals surface area contributed by atoms with Gasteiger partial charge < -0.3 is 10.4 Å². The molecule has 2 fully saturated rings. The Morgan fingerprint density at radius 1 is 1.33 bits per heavy atom. The van der Waals surface area contributed by atoms with Gasteiger partial charge in [-0.3, -0.25) is 14.9 Å². The topological polar surface area (TPSA) is 92.5 Å². The number of aryl methyl sites for hydroxylation is 1. The standard InChI is InChI=1S/C15H18N2O4/c1-8-4-11(7-12(5-8)17(20)21)16-14-10-3-2-9(6-10)13(14)15(18)19/h4-5,7,9-10,13-14,16H,2-3,6H2,1H3,(H,18,19). The quantitative estimate of drug-likeness (QED) is 0.657. The zero-order valence-corrected chi connectivity index (χ0v) is 11.8. The van der Waals surface area contributed by atoms with Crippen LogP contribution in [0.2, 0.25) is 0 Å². The number of anilines is 1. The minimum absolute atomic E-state index is 0.0348. The summed E-state index contributed by atoms with van der Waals surface area (Å²) in [5.74, 6) is -0.550. The van der Waals surface area contributed by atoms with E-state index in [1.54, 1.807) is 6.92 Å². The normalized spacial score (nSPS) is 30.3. The van der Waals surface area contributed by atoms with Gasteiger partial charge in [0.25, 0.3) is 5.69 Å². The summed E-state index contributed by atoms with van der Waals surface area (Å²) in [6.45, 7) is 1.80. The van der Waals surface area contributed by atoms with Crippen LogP contribution >= 0.6 is 0 Å². The van der Waals surface area contributed by atoms with E-state index < -0.39 is 10.9 Å². The minimum atomic E-state index is -0.762. The second-order valence-corrected chi connectivity index (χ2v) is 6.18. The highest BCUT2D eigenvalue weighted by molar-refractivity contribution is 5.73. The number of carboxylic acid groups (broad SMARTS) is 1. The summed E-state index contributed by atoms with van der Waals surface area (Å²) in [5.41, 5.74) is 1.47. The lowest BCUT2D eigenvalue weighted by Crippen LogP contribution is -2.39. The Bertz CT molecular complexity index is 601. The fourth-order valence-corrected chi connectivity index (χ4v) is 4.00. The van der Waals surface area contributed by atoms with E-state index in [-0.39, 0.29) is 23.6 Å². The molecule has 0 aliphatic heterocycles. The fourth-order valence-electron chi connectivity index (χ4n) is 4.00. The Kier molecular flexibility index (Phi) is 3.31. The van der Waals surface area contributed by atoms with Gasteiger partial charge in [-0.2, -0.15) is 0 Å². The first kappa shape index (κ1) is 13.9. The number of nitrogens with one attached hydrogen (secondary N) is 1. The number of benzene rings is 1. The van der Waals surface area contributed by atoms with Crippen molar-refractivity contribution in [1.29, 1.82) is 0 Å². The van der Waals surface area contributed by atoms with E-state index in [0.717, 1.165) is 24.8 Å². The lowest BCUT2D eigenvalue weighted by molar-refractivity contribution is -0.384. The second-order valence-electron chi connectivity index (χ2n) is 6.18. The summed E-state index contributed by atoms with van der Waals surface area (Å²) in [4.78, 5) is 22.0. The molecule has 0 heterocycles. The van der Waals surface area contributed by atoms with Gasteiger partial charge in [-0.25, -0.2) is 0 Å². The molecule has 4 unspecified atom stereocenters. The van der Waals surface area contributed by atoms with Crippen molar-refractivity contribution in [3.63, 3.8) is 0 Å². The van der Waals surface area contributed by atoms with Gasteiger partial charge >= 0.3 is 5.97 Å². The van der Waals surface area contributed by atoms with Crippen molar-refractivity contribution in [3.05, 3.63) is 33.9 Å². The van der Waals surface area contributed by atoms with E-state index in [2.05, 4.69) is 5.32 Å². The second kappa shape index (κ2) is 5.02. The monoisotopic (exact) mass is 290 g/mol. The summed E-state index contributed by atoms with van der Waals surface area (Å²) >= 11 is 0. The largest absolute Gasteiger partial charge is 0.481 e. The van der Waals surface area contributed by atoms with Gasteiger partial charge in [-0.15, -0.1) is 0 Å². The van der Waals surface area contributed by atoms with Crippen LogP contribution in [0.5, 0.6) is 0 Å². The first-order valence-electron chi connectivity index (χ1n) is 7.21. The molecule has 2 N–H and O–H groups in total. The molecule has 0 spiro atoms. The van der Waals surface area contributed by atoms with Crippen molar-refractivity contribution in [1.82, 2.24) is 0 Å². The van der Waals surface area contributed by atoms with E-state index in [4.69, 9.17) is 0 Å². The Labute approximate surface area is 122 Å². The molecule has 1 aromatic rings. The fraction of sp³-hybridized carbons (Fsp3) is 0.533. The van der Waals surface area contributed by atoms with Gasteiger partial charge in [0.1, 0.15) is 0 Å². The third-order valence-electron chi connectivity index (χ3n) is 4.81. The highest BCUT2D eigenvalue weighted by atomic mass is 16.6.